The Morgan fingerprint density at radius 2 is 2.00 bits per heavy atom. The maximum absolute atomic E-state index is 5.67. The quantitative estimate of drug-likeness (QED) is 0.750. The molecule has 0 radical (unpaired) electrons. The molecule has 2 rings (SSSR count). The Morgan fingerprint density at radius 3 is 2.62 bits per heavy atom. The molecule has 2 nitrogen and oxygen atoms in total. The van der Waals surface area contributed by atoms with Gasteiger partial charge in [0.15, 0.2) is 0 Å². The van der Waals surface area contributed by atoms with E-state index in [9.17, 15) is 0 Å². The van der Waals surface area contributed by atoms with Crippen molar-refractivity contribution in [3.63, 3.8) is 0 Å². The van der Waals surface area contributed by atoms with Crippen LogP contribution in [0, 0.1) is 5.92 Å². The molecule has 0 bridgehead atoms. The summed E-state index contributed by atoms with van der Waals surface area (Å²) < 4.78 is 5.67. The van der Waals surface area contributed by atoms with E-state index in [0.717, 1.165) is 18.6 Å². The normalized spacial score (nSPS) is 28.7. The molecule has 0 amide bonds. The highest BCUT2D eigenvalue weighted by molar-refractivity contribution is 4.80. The van der Waals surface area contributed by atoms with Crippen molar-refractivity contribution < 1.29 is 4.74 Å². The van der Waals surface area contributed by atoms with Crippen molar-refractivity contribution in [3.8, 4) is 0 Å². The van der Waals surface area contributed by atoms with Crippen molar-refractivity contribution in [1.82, 2.24) is 5.32 Å². The van der Waals surface area contributed by atoms with Crippen molar-refractivity contribution >= 4 is 0 Å². The van der Waals surface area contributed by atoms with Gasteiger partial charge in [-0.1, -0.05) is 12.8 Å². The number of rotatable bonds is 6. The second-order valence-corrected chi connectivity index (χ2v) is 5.51. The van der Waals surface area contributed by atoms with Gasteiger partial charge in [0.05, 0.1) is 6.10 Å². The van der Waals surface area contributed by atoms with Crippen molar-refractivity contribution in [3.05, 3.63) is 0 Å². The second-order valence-electron chi connectivity index (χ2n) is 5.51. The molecule has 0 aromatic heterocycles. The van der Waals surface area contributed by atoms with Crippen molar-refractivity contribution in [2.24, 2.45) is 5.92 Å². The van der Waals surface area contributed by atoms with Gasteiger partial charge in [-0.05, 0) is 57.9 Å². The summed E-state index contributed by atoms with van der Waals surface area (Å²) in [7, 11) is 2.13. The first-order valence-electron chi connectivity index (χ1n) is 7.19. The first-order chi connectivity index (χ1) is 7.90. The van der Waals surface area contributed by atoms with Crippen LogP contribution in [0.3, 0.4) is 0 Å². The summed E-state index contributed by atoms with van der Waals surface area (Å²) in [4.78, 5) is 0. The van der Waals surface area contributed by atoms with Crippen LogP contribution in [0.5, 0.6) is 0 Å². The zero-order valence-electron chi connectivity index (χ0n) is 10.7. The summed E-state index contributed by atoms with van der Waals surface area (Å²) >= 11 is 0. The molecular weight excluding hydrogens is 198 g/mol. The van der Waals surface area contributed by atoms with Crippen molar-refractivity contribution in [1.29, 1.82) is 0 Å². The van der Waals surface area contributed by atoms with E-state index in [0.29, 0.717) is 6.10 Å². The highest BCUT2D eigenvalue weighted by Crippen LogP contribution is 2.30. The molecule has 2 unspecified atom stereocenters. The fourth-order valence-corrected chi connectivity index (χ4v) is 3.41. The Labute approximate surface area is 100 Å². The van der Waals surface area contributed by atoms with Crippen LogP contribution in [0.1, 0.15) is 57.8 Å². The molecule has 0 aromatic rings. The second kappa shape index (κ2) is 6.61. The van der Waals surface area contributed by atoms with E-state index in [1.165, 1.54) is 57.8 Å². The monoisotopic (exact) mass is 225 g/mol. The number of hydrogen-bond donors (Lipinski definition) is 1. The van der Waals surface area contributed by atoms with E-state index in [1.807, 2.05) is 0 Å². The summed E-state index contributed by atoms with van der Waals surface area (Å²) in [6.45, 7) is 1.00. The first kappa shape index (κ1) is 12.4. The topological polar surface area (TPSA) is 21.3 Å². The van der Waals surface area contributed by atoms with E-state index in [4.69, 9.17) is 4.74 Å². The molecule has 16 heavy (non-hydrogen) atoms. The van der Waals surface area contributed by atoms with Gasteiger partial charge >= 0.3 is 0 Å². The molecule has 2 heteroatoms. The van der Waals surface area contributed by atoms with Gasteiger partial charge in [-0.15, -0.1) is 0 Å². The molecular formula is C14H27NO. The zero-order valence-corrected chi connectivity index (χ0v) is 10.7. The number of ether oxygens (including phenoxy) is 1. The fraction of sp³-hybridized carbons (Fsp3) is 1.00. The molecule has 1 aliphatic heterocycles. The Hall–Kier alpha value is -0.0800. The van der Waals surface area contributed by atoms with Crippen LogP contribution in [0.15, 0.2) is 0 Å². The third-order valence-corrected chi connectivity index (χ3v) is 4.40. The third kappa shape index (κ3) is 3.46. The van der Waals surface area contributed by atoms with E-state index in [1.54, 1.807) is 0 Å². The highest BCUT2D eigenvalue weighted by atomic mass is 16.5. The van der Waals surface area contributed by atoms with Crippen LogP contribution in [-0.4, -0.2) is 25.8 Å². The first-order valence-corrected chi connectivity index (χ1v) is 7.19. The molecule has 1 heterocycles. The molecule has 2 atom stereocenters. The van der Waals surface area contributed by atoms with Gasteiger partial charge in [0, 0.05) is 12.6 Å². The molecule has 1 N–H and O–H groups in total. The van der Waals surface area contributed by atoms with Crippen LogP contribution in [0.4, 0.5) is 0 Å². The maximum atomic E-state index is 5.67. The standard InChI is InChI=1S/C14H27NO/c1-15-14(12-6-2-3-7-12)10-4-8-13-9-5-11-16-13/h12-15H,2-11H2,1H3. The molecule has 1 saturated carbocycles. The summed E-state index contributed by atoms with van der Waals surface area (Å²) in [5, 5.41) is 3.53. The Bertz CT molecular complexity index is 183. The molecule has 1 aliphatic carbocycles. The number of hydrogen-bond acceptors (Lipinski definition) is 2. The SMILES string of the molecule is CNC(CCCC1CCCO1)C1CCCC1. The molecule has 0 aromatic carbocycles. The van der Waals surface area contributed by atoms with Gasteiger partial charge in [0.25, 0.3) is 0 Å². The largest absolute Gasteiger partial charge is 0.378 e. The van der Waals surface area contributed by atoms with E-state index in [-0.39, 0.29) is 0 Å². The molecule has 1 saturated heterocycles. The van der Waals surface area contributed by atoms with Gasteiger partial charge in [0.1, 0.15) is 0 Å². The van der Waals surface area contributed by atoms with Gasteiger partial charge in [-0.2, -0.15) is 0 Å². The molecule has 2 aliphatic rings. The minimum atomic E-state index is 0.584. The highest BCUT2D eigenvalue weighted by Gasteiger charge is 2.24. The average Bonchev–Trinajstić information content (AvgIpc) is 2.96. The summed E-state index contributed by atoms with van der Waals surface area (Å²) in [5.74, 6) is 0.953. The van der Waals surface area contributed by atoms with Crippen LogP contribution in [0.25, 0.3) is 0 Å². The van der Waals surface area contributed by atoms with Gasteiger partial charge < -0.3 is 10.1 Å². The predicted molar refractivity (Wildman–Crippen MR) is 67.6 cm³/mol. The minimum Gasteiger partial charge on any atom is -0.378 e. The van der Waals surface area contributed by atoms with Gasteiger partial charge in [0.2, 0.25) is 0 Å². The van der Waals surface area contributed by atoms with Crippen molar-refractivity contribution in [2.75, 3.05) is 13.7 Å². The minimum absolute atomic E-state index is 0.584. The van der Waals surface area contributed by atoms with Crippen LogP contribution < -0.4 is 5.32 Å². The summed E-state index contributed by atoms with van der Waals surface area (Å²) in [5.41, 5.74) is 0. The maximum Gasteiger partial charge on any atom is 0.0576 e. The zero-order chi connectivity index (χ0) is 11.2. The Morgan fingerprint density at radius 1 is 1.19 bits per heavy atom. The van der Waals surface area contributed by atoms with E-state index in [2.05, 4.69) is 12.4 Å². The third-order valence-electron chi connectivity index (χ3n) is 4.40. The molecule has 2 fully saturated rings. The van der Waals surface area contributed by atoms with Crippen molar-refractivity contribution in [2.45, 2.75) is 69.9 Å². The van der Waals surface area contributed by atoms with E-state index >= 15 is 0 Å². The fourth-order valence-electron chi connectivity index (χ4n) is 3.41. The average molecular weight is 225 g/mol. The summed E-state index contributed by atoms with van der Waals surface area (Å²) in [6, 6.07) is 0.768. The smallest absolute Gasteiger partial charge is 0.0576 e. The predicted octanol–water partition coefficient (Wildman–Crippen LogP) is 3.11. The number of nitrogens with one attached hydrogen (secondary N) is 1. The van der Waals surface area contributed by atoms with Crippen LogP contribution >= 0.6 is 0 Å². The summed E-state index contributed by atoms with van der Waals surface area (Å²) in [6.07, 6.45) is 12.9. The van der Waals surface area contributed by atoms with E-state index < -0.39 is 0 Å². The lowest BCUT2D eigenvalue weighted by Crippen LogP contribution is -2.32. The van der Waals surface area contributed by atoms with Crippen LogP contribution in [0.2, 0.25) is 0 Å². The Balaban J connectivity index is 1.62. The lowest BCUT2D eigenvalue weighted by molar-refractivity contribution is 0.100. The lowest BCUT2D eigenvalue weighted by atomic mass is 9.93. The molecule has 94 valence electrons. The lowest BCUT2D eigenvalue weighted by Gasteiger charge is -2.23. The van der Waals surface area contributed by atoms with Gasteiger partial charge in [-0.3, -0.25) is 0 Å². The molecule has 0 spiro atoms. The Kier molecular flexibility index (Phi) is 5.11. The van der Waals surface area contributed by atoms with Gasteiger partial charge in [-0.25, -0.2) is 0 Å². The van der Waals surface area contributed by atoms with Crippen LogP contribution in [-0.2, 0) is 4.74 Å².